The quantitative estimate of drug-likeness (QED) is 0.739. The second-order valence-corrected chi connectivity index (χ2v) is 5.82. The number of nitrogens with one attached hydrogen (secondary N) is 1. The van der Waals surface area contributed by atoms with Crippen LogP contribution in [0.15, 0.2) is 68.8 Å². The van der Waals surface area contributed by atoms with E-state index in [2.05, 4.69) is 14.8 Å². The van der Waals surface area contributed by atoms with E-state index in [-0.39, 0.29) is 24.2 Å². The van der Waals surface area contributed by atoms with Gasteiger partial charge in [0.05, 0.1) is 17.8 Å². The zero-order valence-corrected chi connectivity index (χ0v) is 14.3. The molecule has 1 amide bonds. The molecule has 0 saturated heterocycles. The highest BCUT2D eigenvalue weighted by Gasteiger charge is 2.07. The third kappa shape index (κ3) is 4.25. The summed E-state index contributed by atoms with van der Waals surface area (Å²) in [6.45, 7) is 0.387. The van der Waals surface area contributed by atoms with E-state index in [1.807, 2.05) is 12.1 Å². The fraction of sp³-hybridized carbons (Fsp3) is 0.111. The molecule has 0 bridgehead atoms. The van der Waals surface area contributed by atoms with Crippen LogP contribution >= 0.6 is 11.6 Å². The number of benzene rings is 1. The van der Waals surface area contributed by atoms with Crippen LogP contribution in [-0.2, 0) is 6.54 Å². The molecule has 1 N–H and O–H groups in total. The molecule has 0 atom stereocenters. The topological polar surface area (TPSA) is 94.2 Å². The van der Waals surface area contributed by atoms with Crippen LogP contribution in [0.4, 0.5) is 0 Å². The molecule has 2 heterocycles. The van der Waals surface area contributed by atoms with Gasteiger partial charge in [-0.1, -0.05) is 23.7 Å². The summed E-state index contributed by atoms with van der Waals surface area (Å²) >= 11 is 5.87. The minimum atomic E-state index is -0.531. The molecule has 26 heavy (non-hydrogen) atoms. The average molecular weight is 372 g/mol. The first-order chi connectivity index (χ1) is 12.5. The summed E-state index contributed by atoms with van der Waals surface area (Å²) < 4.78 is 5.92. The van der Waals surface area contributed by atoms with Gasteiger partial charge < -0.3 is 9.73 Å². The molecular formula is C18H14ClN3O4. The summed E-state index contributed by atoms with van der Waals surface area (Å²) in [5, 5.41) is 7.56. The van der Waals surface area contributed by atoms with E-state index in [1.165, 1.54) is 16.8 Å². The van der Waals surface area contributed by atoms with E-state index < -0.39 is 11.5 Å². The number of hydrogen-bond donors (Lipinski definition) is 1. The average Bonchev–Trinajstić information content (AvgIpc) is 2.64. The van der Waals surface area contributed by atoms with Crippen molar-refractivity contribution in [2.45, 2.75) is 6.54 Å². The highest BCUT2D eigenvalue weighted by atomic mass is 35.5. The van der Waals surface area contributed by atoms with Crippen LogP contribution in [0.25, 0.3) is 11.3 Å². The molecule has 8 heteroatoms. The summed E-state index contributed by atoms with van der Waals surface area (Å²) in [6, 6.07) is 12.7. The molecule has 0 aliphatic carbocycles. The van der Waals surface area contributed by atoms with Gasteiger partial charge in [0.15, 0.2) is 0 Å². The van der Waals surface area contributed by atoms with Crippen LogP contribution < -0.4 is 16.5 Å². The number of rotatable bonds is 5. The van der Waals surface area contributed by atoms with Gasteiger partial charge >= 0.3 is 5.63 Å². The molecule has 0 aliphatic heterocycles. The predicted octanol–water partition coefficient (Wildman–Crippen LogP) is 1.95. The van der Waals surface area contributed by atoms with Crippen molar-refractivity contribution in [2.75, 3.05) is 6.54 Å². The maximum absolute atomic E-state index is 12.0. The van der Waals surface area contributed by atoms with Gasteiger partial charge in [-0.3, -0.25) is 9.59 Å². The van der Waals surface area contributed by atoms with Gasteiger partial charge in [0, 0.05) is 29.3 Å². The maximum atomic E-state index is 12.0. The predicted molar refractivity (Wildman–Crippen MR) is 96.3 cm³/mol. The Morgan fingerprint density at radius 3 is 2.54 bits per heavy atom. The number of halogens is 1. The largest absolute Gasteiger partial charge is 0.430 e. The zero-order chi connectivity index (χ0) is 18.5. The monoisotopic (exact) mass is 371 g/mol. The third-order valence-corrected chi connectivity index (χ3v) is 3.83. The molecule has 7 nitrogen and oxygen atoms in total. The highest BCUT2D eigenvalue weighted by molar-refractivity contribution is 6.30. The lowest BCUT2D eigenvalue weighted by atomic mass is 10.1. The van der Waals surface area contributed by atoms with Gasteiger partial charge in [0.2, 0.25) is 0 Å². The van der Waals surface area contributed by atoms with Crippen molar-refractivity contribution in [3.05, 3.63) is 86.2 Å². The van der Waals surface area contributed by atoms with Crippen LogP contribution in [0.5, 0.6) is 0 Å². The van der Waals surface area contributed by atoms with Crippen molar-refractivity contribution in [3.63, 3.8) is 0 Å². The number of aromatic nitrogens is 2. The van der Waals surface area contributed by atoms with Gasteiger partial charge in [0.25, 0.3) is 11.5 Å². The molecule has 3 rings (SSSR count). The molecule has 0 fully saturated rings. The number of hydrogen-bond acceptors (Lipinski definition) is 5. The fourth-order valence-electron chi connectivity index (χ4n) is 2.25. The minimum Gasteiger partial charge on any atom is -0.430 e. The van der Waals surface area contributed by atoms with E-state index in [1.54, 1.807) is 18.2 Å². The summed E-state index contributed by atoms with van der Waals surface area (Å²) in [7, 11) is 0. The van der Waals surface area contributed by atoms with Crippen LogP contribution in [0.2, 0.25) is 5.02 Å². The van der Waals surface area contributed by atoms with E-state index in [4.69, 9.17) is 11.6 Å². The molecule has 2 aromatic heterocycles. The first-order valence-electron chi connectivity index (χ1n) is 7.74. The lowest BCUT2D eigenvalue weighted by Crippen LogP contribution is -2.32. The molecule has 132 valence electrons. The summed E-state index contributed by atoms with van der Waals surface area (Å²) in [4.78, 5) is 34.8. The molecule has 3 aromatic rings. The minimum absolute atomic E-state index is 0.189. The highest BCUT2D eigenvalue weighted by Crippen LogP contribution is 2.18. The summed E-state index contributed by atoms with van der Waals surface area (Å²) in [6.07, 6.45) is 1.09. The first-order valence-corrected chi connectivity index (χ1v) is 8.12. The third-order valence-electron chi connectivity index (χ3n) is 3.58. The van der Waals surface area contributed by atoms with Crippen molar-refractivity contribution < 1.29 is 9.21 Å². The lowest BCUT2D eigenvalue weighted by molar-refractivity contribution is 0.0949. The van der Waals surface area contributed by atoms with E-state index in [0.717, 1.165) is 17.9 Å². The first kappa shape index (κ1) is 17.6. The Morgan fingerprint density at radius 2 is 1.85 bits per heavy atom. The standard InChI is InChI=1S/C18H14ClN3O4/c19-14-4-1-12(2-5-14)15-6-7-16(23)22(21-15)10-9-20-18(25)13-3-8-17(24)26-11-13/h1-8,11H,9-10H2,(H,20,25). The fourth-order valence-corrected chi connectivity index (χ4v) is 2.37. The lowest BCUT2D eigenvalue weighted by Gasteiger charge is -2.08. The van der Waals surface area contributed by atoms with E-state index >= 15 is 0 Å². The van der Waals surface area contributed by atoms with Crippen molar-refractivity contribution in [3.8, 4) is 11.3 Å². The Balaban J connectivity index is 1.68. The van der Waals surface area contributed by atoms with Crippen LogP contribution in [0, 0.1) is 0 Å². The van der Waals surface area contributed by atoms with Gasteiger partial charge in [-0.05, 0) is 24.3 Å². The van der Waals surface area contributed by atoms with Gasteiger partial charge in [0.1, 0.15) is 6.26 Å². The molecule has 1 aromatic carbocycles. The molecular weight excluding hydrogens is 358 g/mol. The van der Waals surface area contributed by atoms with Gasteiger partial charge in [-0.25, -0.2) is 9.48 Å². The van der Waals surface area contributed by atoms with Crippen LogP contribution in [0.1, 0.15) is 10.4 Å². The van der Waals surface area contributed by atoms with E-state index in [0.29, 0.717) is 10.7 Å². The Labute approximate surface area is 152 Å². The number of amides is 1. The SMILES string of the molecule is O=C(NCCn1nc(-c2ccc(Cl)cc2)ccc1=O)c1ccc(=O)oc1. The summed E-state index contributed by atoms with van der Waals surface area (Å²) in [5.41, 5.74) is 0.864. The number of nitrogens with zero attached hydrogens (tertiary/aromatic N) is 2. The van der Waals surface area contributed by atoms with Crippen LogP contribution in [0.3, 0.4) is 0 Å². The number of carbonyl (C=O) groups excluding carboxylic acids is 1. The maximum Gasteiger partial charge on any atom is 0.335 e. The molecule has 0 spiro atoms. The van der Waals surface area contributed by atoms with Crippen molar-refractivity contribution >= 4 is 17.5 Å². The van der Waals surface area contributed by atoms with E-state index in [9.17, 15) is 14.4 Å². The number of carbonyl (C=O) groups is 1. The van der Waals surface area contributed by atoms with Crippen molar-refractivity contribution in [1.29, 1.82) is 0 Å². The van der Waals surface area contributed by atoms with Crippen LogP contribution in [-0.4, -0.2) is 22.2 Å². The Bertz CT molecular complexity index is 1020. The molecule has 0 aliphatic rings. The van der Waals surface area contributed by atoms with Gasteiger partial charge in [-0.2, -0.15) is 5.10 Å². The second-order valence-electron chi connectivity index (χ2n) is 5.39. The zero-order valence-electron chi connectivity index (χ0n) is 13.5. The van der Waals surface area contributed by atoms with Crippen molar-refractivity contribution in [1.82, 2.24) is 15.1 Å². The molecule has 0 unspecified atom stereocenters. The van der Waals surface area contributed by atoms with Crippen molar-refractivity contribution in [2.24, 2.45) is 0 Å². The molecule has 0 radical (unpaired) electrons. The second kappa shape index (κ2) is 7.79. The van der Waals surface area contributed by atoms with Gasteiger partial charge in [-0.15, -0.1) is 0 Å². The summed E-state index contributed by atoms with van der Waals surface area (Å²) in [5.74, 6) is -0.407. The normalized spacial score (nSPS) is 10.5. The Morgan fingerprint density at radius 1 is 1.08 bits per heavy atom. The Hall–Kier alpha value is -3.19. The molecule has 0 saturated carbocycles. The Kier molecular flexibility index (Phi) is 5.28. The smallest absolute Gasteiger partial charge is 0.335 e.